The number of nitrogens with one attached hydrogen (secondary N) is 1. The molecule has 29 heavy (non-hydrogen) atoms. The second-order valence-corrected chi connectivity index (χ2v) is 7.62. The van der Waals surface area contributed by atoms with Gasteiger partial charge in [-0.05, 0) is 42.0 Å². The molecule has 1 amide bonds. The van der Waals surface area contributed by atoms with Crippen LogP contribution in [0.5, 0.6) is 11.5 Å². The van der Waals surface area contributed by atoms with Gasteiger partial charge in [-0.3, -0.25) is 9.78 Å². The van der Waals surface area contributed by atoms with Gasteiger partial charge in [0, 0.05) is 23.5 Å². The van der Waals surface area contributed by atoms with E-state index in [1.807, 2.05) is 42.5 Å². The minimum atomic E-state index is -0.131. The van der Waals surface area contributed by atoms with E-state index in [1.54, 1.807) is 20.4 Å². The van der Waals surface area contributed by atoms with Crippen LogP contribution in [-0.4, -0.2) is 31.7 Å². The average molecular weight is 390 g/mol. The molecule has 0 unspecified atom stereocenters. The van der Waals surface area contributed by atoms with E-state index in [9.17, 15) is 4.79 Å². The highest BCUT2D eigenvalue weighted by Crippen LogP contribution is 2.43. The lowest BCUT2D eigenvalue weighted by Crippen LogP contribution is -2.39. The number of pyridine rings is 1. The minimum Gasteiger partial charge on any atom is -0.493 e. The van der Waals surface area contributed by atoms with E-state index < -0.39 is 0 Å². The van der Waals surface area contributed by atoms with Crippen molar-refractivity contribution in [2.45, 2.75) is 31.1 Å². The third kappa shape index (κ3) is 3.65. The van der Waals surface area contributed by atoms with Gasteiger partial charge < -0.3 is 14.8 Å². The topological polar surface area (TPSA) is 60.5 Å². The van der Waals surface area contributed by atoms with Crippen molar-refractivity contribution in [2.75, 3.05) is 20.8 Å². The van der Waals surface area contributed by atoms with Crippen LogP contribution in [0.2, 0.25) is 0 Å². The predicted molar refractivity (Wildman–Crippen MR) is 114 cm³/mol. The summed E-state index contributed by atoms with van der Waals surface area (Å²) in [5.74, 6) is 1.31. The van der Waals surface area contributed by atoms with Crippen LogP contribution in [0.15, 0.2) is 54.7 Å². The maximum absolute atomic E-state index is 13.0. The third-order valence-corrected chi connectivity index (χ3v) is 6.03. The van der Waals surface area contributed by atoms with Crippen molar-refractivity contribution >= 4 is 16.7 Å². The second kappa shape index (κ2) is 8.11. The normalized spacial score (nSPS) is 15.2. The quantitative estimate of drug-likeness (QED) is 0.673. The zero-order chi connectivity index (χ0) is 20.3. The van der Waals surface area contributed by atoms with Crippen molar-refractivity contribution in [2.24, 2.45) is 0 Å². The van der Waals surface area contributed by atoms with Crippen LogP contribution >= 0.6 is 0 Å². The lowest BCUT2D eigenvalue weighted by atomic mass is 9.78. The predicted octanol–water partition coefficient (Wildman–Crippen LogP) is 4.49. The number of benzene rings is 2. The number of aromatic nitrogens is 1. The van der Waals surface area contributed by atoms with Gasteiger partial charge in [0.05, 0.1) is 14.2 Å². The molecule has 5 heteroatoms. The van der Waals surface area contributed by atoms with Crippen molar-refractivity contribution < 1.29 is 14.3 Å². The molecule has 0 aliphatic heterocycles. The summed E-state index contributed by atoms with van der Waals surface area (Å²) in [6.07, 6.45) is 6.06. The fourth-order valence-electron chi connectivity index (χ4n) is 4.42. The van der Waals surface area contributed by atoms with Crippen LogP contribution < -0.4 is 14.8 Å². The Morgan fingerprint density at radius 1 is 1.03 bits per heavy atom. The molecular weight excluding hydrogens is 364 g/mol. The summed E-state index contributed by atoms with van der Waals surface area (Å²) in [5.41, 5.74) is 1.56. The zero-order valence-corrected chi connectivity index (χ0v) is 16.9. The fraction of sp³-hybridized carbons (Fsp3) is 0.333. The molecule has 150 valence electrons. The first-order valence-corrected chi connectivity index (χ1v) is 10.0. The summed E-state index contributed by atoms with van der Waals surface area (Å²) >= 11 is 0. The first kappa shape index (κ1) is 19.2. The molecule has 1 N–H and O–H groups in total. The largest absolute Gasteiger partial charge is 0.493 e. The van der Waals surface area contributed by atoms with Gasteiger partial charge in [-0.2, -0.15) is 0 Å². The Morgan fingerprint density at radius 3 is 2.55 bits per heavy atom. The first-order chi connectivity index (χ1) is 14.2. The van der Waals surface area contributed by atoms with Gasteiger partial charge in [-0.15, -0.1) is 0 Å². The van der Waals surface area contributed by atoms with Gasteiger partial charge >= 0.3 is 0 Å². The van der Waals surface area contributed by atoms with E-state index in [-0.39, 0.29) is 11.3 Å². The number of carbonyl (C=O) groups excluding carboxylic acids is 1. The van der Waals surface area contributed by atoms with Crippen molar-refractivity contribution in [3.05, 3.63) is 66.0 Å². The fourth-order valence-corrected chi connectivity index (χ4v) is 4.42. The van der Waals surface area contributed by atoms with Crippen LogP contribution in [-0.2, 0) is 5.41 Å². The molecule has 1 heterocycles. The maximum atomic E-state index is 13.0. The van der Waals surface area contributed by atoms with E-state index in [0.29, 0.717) is 18.0 Å². The standard InChI is InChI=1S/C24H26N2O3/c1-28-20-10-9-18(15-21(20)29-2)24(12-5-6-13-24)16-26-23(27)22-19-8-4-3-7-17(19)11-14-25-22/h3-4,7-11,14-15H,5-6,12-13,16H2,1-2H3,(H,26,27). The van der Waals surface area contributed by atoms with Crippen LogP contribution in [0.4, 0.5) is 0 Å². The van der Waals surface area contributed by atoms with Crippen molar-refractivity contribution in [1.82, 2.24) is 10.3 Å². The number of hydrogen-bond donors (Lipinski definition) is 1. The number of methoxy groups -OCH3 is 2. The number of amides is 1. The molecule has 0 spiro atoms. The number of carbonyl (C=O) groups is 1. The van der Waals surface area contributed by atoms with Crippen molar-refractivity contribution in [3.63, 3.8) is 0 Å². The molecule has 1 aliphatic carbocycles. The molecule has 2 aromatic carbocycles. The maximum Gasteiger partial charge on any atom is 0.270 e. The Balaban J connectivity index is 1.60. The van der Waals surface area contributed by atoms with Crippen molar-refractivity contribution in [1.29, 1.82) is 0 Å². The van der Waals surface area contributed by atoms with Crippen LogP contribution in [0.25, 0.3) is 10.8 Å². The van der Waals surface area contributed by atoms with E-state index >= 15 is 0 Å². The smallest absolute Gasteiger partial charge is 0.270 e. The summed E-state index contributed by atoms with van der Waals surface area (Å²) in [6, 6.07) is 15.8. The Morgan fingerprint density at radius 2 is 1.79 bits per heavy atom. The van der Waals surface area contributed by atoms with E-state index in [0.717, 1.165) is 42.2 Å². The molecule has 1 saturated carbocycles. The molecule has 0 radical (unpaired) electrons. The molecule has 0 atom stereocenters. The molecular formula is C24H26N2O3. The summed E-state index contributed by atoms with van der Waals surface area (Å²) in [6.45, 7) is 0.576. The van der Waals surface area contributed by atoms with Gasteiger partial charge in [0.25, 0.3) is 5.91 Å². The Hall–Kier alpha value is -3.08. The lowest BCUT2D eigenvalue weighted by molar-refractivity contribution is 0.0940. The van der Waals surface area contributed by atoms with Gasteiger partial charge in [0.2, 0.25) is 0 Å². The van der Waals surface area contributed by atoms with E-state index in [1.165, 1.54) is 5.56 Å². The number of ether oxygens (including phenoxy) is 2. The number of hydrogen-bond acceptors (Lipinski definition) is 4. The van der Waals surface area contributed by atoms with E-state index in [2.05, 4.69) is 16.4 Å². The van der Waals surface area contributed by atoms with Crippen LogP contribution in [0.3, 0.4) is 0 Å². The molecule has 0 bridgehead atoms. The summed E-state index contributed by atoms with van der Waals surface area (Å²) in [5, 5.41) is 5.06. The Kier molecular flexibility index (Phi) is 5.38. The van der Waals surface area contributed by atoms with Crippen LogP contribution in [0.1, 0.15) is 41.7 Å². The second-order valence-electron chi connectivity index (χ2n) is 7.62. The molecule has 3 aromatic rings. The van der Waals surface area contributed by atoms with Crippen LogP contribution in [0, 0.1) is 0 Å². The summed E-state index contributed by atoms with van der Waals surface area (Å²) in [4.78, 5) is 17.3. The minimum absolute atomic E-state index is 0.0974. The SMILES string of the molecule is COc1ccc(C2(CNC(=O)c3nccc4ccccc34)CCCC2)cc1OC. The monoisotopic (exact) mass is 390 g/mol. The van der Waals surface area contributed by atoms with Crippen molar-refractivity contribution in [3.8, 4) is 11.5 Å². The van der Waals surface area contributed by atoms with Gasteiger partial charge in [0.15, 0.2) is 11.5 Å². The average Bonchev–Trinajstić information content (AvgIpc) is 3.26. The zero-order valence-electron chi connectivity index (χ0n) is 16.9. The number of fused-ring (bicyclic) bond motifs is 1. The highest BCUT2D eigenvalue weighted by molar-refractivity contribution is 6.05. The number of nitrogens with zero attached hydrogens (tertiary/aromatic N) is 1. The number of rotatable bonds is 6. The molecule has 1 aromatic heterocycles. The Bertz CT molecular complexity index is 1020. The molecule has 5 nitrogen and oxygen atoms in total. The third-order valence-electron chi connectivity index (χ3n) is 6.03. The van der Waals surface area contributed by atoms with Gasteiger partial charge in [-0.25, -0.2) is 0 Å². The molecule has 1 fully saturated rings. The Labute approximate surface area is 171 Å². The highest BCUT2D eigenvalue weighted by atomic mass is 16.5. The van der Waals surface area contributed by atoms with Gasteiger partial charge in [0.1, 0.15) is 5.69 Å². The highest BCUT2D eigenvalue weighted by Gasteiger charge is 2.36. The molecule has 4 rings (SSSR count). The summed E-state index contributed by atoms with van der Waals surface area (Å²) < 4.78 is 10.9. The summed E-state index contributed by atoms with van der Waals surface area (Å²) in [7, 11) is 3.29. The molecule has 1 aliphatic rings. The first-order valence-electron chi connectivity index (χ1n) is 10.0. The lowest BCUT2D eigenvalue weighted by Gasteiger charge is -2.30. The van der Waals surface area contributed by atoms with Gasteiger partial charge in [-0.1, -0.05) is 43.2 Å². The van der Waals surface area contributed by atoms with E-state index in [4.69, 9.17) is 9.47 Å². The molecule has 0 saturated heterocycles.